The number of nitrogens with two attached hydrogens (primary N) is 1. The molecule has 6 heteroatoms. The van der Waals surface area contributed by atoms with E-state index in [0.717, 1.165) is 61.1 Å². The number of hydrogen-bond donors (Lipinski definition) is 1. The molecule has 0 saturated carbocycles. The Morgan fingerprint density at radius 3 is 2.02 bits per heavy atom. The van der Waals surface area contributed by atoms with Crippen molar-refractivity contribution < 1.29 is 13.7 Å². The molecule has 1 aliphatic heterocycles. The van der Waals surface area contributed by atoms with Gasteiger partial charge in [0.2, 0.25) is 0 Å². The number of aliphatic imine (C=N–C) groups is 1. The fourth-order valence-electron chi connectivity index (χ4n) is 5.87. The van der Waals surface area contributed by atoms with Crippen LogP contribution in [0.4, 0.5) is 0 Å². The third kappa shape index (κ3) is 5.88. The van der Waals surface area contributed by atoms with Crippen LogP contribution in [0.3, 0.4) is 0 Å². The fourth-order valence-corrected chi connectivity index (χ4v) is 5.87. The van der Waals surface area contributed by atoms with E-state index in [1.165, 1.54) is 0 Å². The number of hydrogen-bond acceptors (Lipinski definition) is 5. The van der Waals surface area contributed by atoms with Crippen LogP contribution in [0, 0.1) is 5.92 Å². The van der Waals surface area contributed by atoms with Gasteiger partial charge in [0.15, 0.2) is 0 Å². The second-order valence-corrected chi connectivity index (χ2v) is 13.1. The van der Waals surface area contributed by atoms with E-state index in [1.54, 1.807) is 0 Å². The maximum atomic E-state index is 6.96. The van der Waals surface area contributed by atoms with E-state index >= 15 is 0 Å². The van der Waals surface area contributed by atoms with E-state index in [4.69, 9.17) is 24.5 Å². The molecule has 1 aromatic heterocycles. The summed E-state index contributed by atoms with van der Waals surface area (Å²) in [5, 5.41) is 1.95. The molecule has 0 aliphatic carbocycles. The van der Waals surface area contributed by atoms with E-state index in [0.29, 0.717) is 5.70 Å². The van der Waals surface area contributed by atoms with E-state index in [-0.39, 0.29) is 5.92 Å². The van der Waals surface area contributed by atoms with Crippen LogP contribution in [0.5, 0.6) is 0 Å². The first-order chi connectivity index (χ1) is 21.4. The van der Waals surface area contributed by atoms with Crippen molar-refractivity contribution in [1.82, 2.24) is 0 Å². The van der Waals surface area contributed by atoms with Crippen LogP contribution in [-0.2, 0) is 9.31 Å². The molecule has 1 saturated heterocycles. The van der Waals surface area contributed by atoms with Crippen LogP contribution in [-0.4, -0.2) is 24.0 Å². The fraction of sp³-hybridized carbons (Fsp3) is 0.256. The third-order valence-electron chi connectivity index (χ3n) is 9.04. The van der Waals surface area contributed by atoms with Crippen molar-refractivity contribution in [1.29, 1.82) is 0 Å². The molecule has 6 rings (SSSR count). The summed E-state index contributed by atoms with van der Waals surface area (Å²) in [4.78, 5) is 5.29. The van der Waals surface area contributed by atoms with Gasteiger partial charge in [-0.2, -0.15) is 0 Å². The zero-order valence-corrected chi connectivity index (χ0v) is 27.2. The first-order valence-electron chi connectivity index (χ1n) is 15.6. The molecule has 1 aliphatic rings. The Morgan fingerprint density at radius 1 is 0.778 bits per heavy atom. The van der Waals surface area contributed by atoms with Crippen LogP contribution < -0.4 is 11.2 Å². The quantitative estimate of drug-likeness (QED) is 0.151. The molecule has 4 aromatic carbocycles. The molecule has 228 valence electrons. The van der Waals surface area contributed by atoms with Gasteiger partial charge in [-0.15, -0.1) is 0 Å². The SMILES string of the molecule is CC(C)=C(N=C(c1ccccc1)[C@H](C)/C=C(\N)c1cccc2oc3ccc(B4OC(C)(C)C(C)(C)O4)cc3c12)c1ccccc1. The highest BCUT2D eigenvalue weighted by molar-refractivity contribution is 6.62. The van der Waals surface area contributed by atoms with Gasteiger partial charge in [-0.3, -0.25) is 4.99 Å². The average molecular weight is 597 g/mol. The Kier molecular flexibility index (Phi) is 8.06. The number of fused-ring (bicyclic) bond motifs is 3. The van der Waals surface area contributed by atoms with Crippen molar-refractivity contribution in [3.05, 3.63) is 125 Å². The molecule has 45 heavy (non-hydrogen) atoms. The Labute approximate surface area is 266 Å². The van der Waals surface area contributed by atoms with Gasteiger partial charge in [0.1, 0.15) is 11.2 Å². The maximum absolute atomic E-state index is 6.96. The summed E-state index contributed by atoms with van der Waals surface area (Å²) in [6.45, 7) is 14.6. The molecule has 1 atom stereocenters. The van der Waals surface area contributed by atoms with Gasteiger partial charge in [0.25, 0.3) is 0 Å². The maximum Gasteiger partial charge on any atom is 0.494 e. The van der Waals surface area contributed by atoms with Gasteiger partial charge in [0.05, 0.1) is 22.6 Å². The number of rotatable bonds is 7. The molecular weight excluding hydrogens is 555 g/mol. The summed E-state index contributed by atoms with van der Waals surface area (Å²) >= 11 is 0. The largest absolute Gasteiger partial charge is 0.494 e. The van der Waals surface area contributed by atoms with Crippen molar-refractivity contribution >= 4 is 51.6 Å². The molecule has 5 nitrogen and oxygen atoms in total. The standard InChI is InChI=1S/C39H41BN2O3/c1-25(2)36(27-15-10-8-11-16-27)42-37(28-17-12-9-13-18-28)26(3)23-32(41)30-19-14-20-34-35(30)31-24-29(21-22-33(31)43-34)40-44-38(4,5)39(6,7)45-40/h8-24,26H,41H2,1-7H3/b32-23-,42-37?/t26-/m1/s1. The molecular formula is C39H41BN2O3. The van der Waals surface area contributed by atoms with Crippen molar-refractivity contribution in [3.8, 4) is 0 Å². The van der Waals surface area contributed by atoms with E-state index in [9.17, 15) is 0 Å². The topological polar surface area (TPSA) is 70.0 Å². The number of benzene rings is 4. The first kappa shape index (κ1) is 30.6. The zero-order chi connectivity index (χ0) is 31.9. The van der Waals surface area contributed by atoms with E-state index < -0.39 is 18.3 Å². The molecule has 5 aromatic rings. The van der Waals surface area contributed by atoms with Gasteiger partial charge in [-0.25, -0.2) is 0 Å². The third-order valence-corrected chi connectivity index (χ3v) is 9.04. The number of furan rings is 1. The average Bonchev–Trinajstić information content (AvgIpc) is 3.50. The number of nitrogens with zero attached hydrogens (tertiary/aromatic N) is 1. The van der Waals surface area contributed by atoms with Crippen LogP contribution >= 0.6 is 0 Å². The van der Waals surface area contributed by atoms with Gasteiger partial charge in [-0.1, -0.05) is 104 Å². The second-order valence-electron chi connectivity index (χ2n) is 13.1. The van der Waals surface area contributed by atoms with Gasteiger partial charge in [0, 0.05) is 33.5 Å². The Bertz CT molecular complexity index is 1930. The van der Waals surface area contributed by atoms with Crippen LogP contribution in [0.25, 0.3) is 33.3 Å². The highest BCUT2D eigenvalue weighted by Crippen LogP contribution is 2.38. The van der Waals surface area contributed by atoms with Crippen molar-refractivity contribution in [2.45, 2.75) is 59.7 Å². The monoisotopic (exact) mass is 596 g/mol. The summed E-state index contributed by atoms with van der Waals surface area (Å²) in [5.41, 5.74) is 15.4. The first-order valence-corrected chi connectivity index (χ1v) is 15.6. The Balaban J connectivity index is 1.43. The lowest BCUT2D eigenvalue weighted by atomic mass is 9.78. The Morgan fingerprint density at radius 2 is 1.40 bits per heavy atom. The molecule has 1 fully saturated rings. The van der Waals surface area contributed by atoms with Crippen LogP contribution in [0.1, 0.15) is 65.2 Å². The summed E-state index contributed by atoms with van der Waals surface area (Å²) < 4.78 is 19.0. The van der Waals surface area contributed by atoms with Crippen LogP contribution in [0.2, 0.25) is 0 Å². The lowest BCUT2D eigenvalue weighted by Crippen LogP contribution is -2.41. The second kappa shape index (κ2) is 11.8. The summed E-state index contributed by atoms with van der Waals surface area (Å²) in [5.74, 6) is -0.0841. The van der Waals surface area contributed by atoms with Gasteiger partial charge >= 0.3 is 7.12 Å². The van der Waals surface area contributed by atoms with E-state index in [1.807, 2.05) is 60.7 Å². The molecule has 0 radical (unpaired) electrons. The normalized spacial score (nSPS) is 17.2. The van der Waals surface area contributed by atoms with E-state index in [2.05, 4.69) is 90.9 Å². The zero-order valence-electron chi connectivity index (χ0n) is 27.2. The predicted octanol–water partition coefficient (Wildman–Crippen LogP) is 8.76. The summed E-state index contributed by atoms with van der Waals surface area (Å²) in [6, 6.07) is 32.8. The molecule has 0 unspecified atom stereocenters. The minimum atomic E-state index is -0.469. The van der Waals surface area contributed by atoms with Gasteiger partial charge in [-0.05, 0) is 64.7 Å². The Hall–Kier alpha value is -4.39. The molecule has 0 spiro atoms. The molecule has 2 heterocycles. The highest BCUT2D eigenvalue weighted by Gasteiger charge is 2.51. The van der Waals surface area contributed by atoms with Crippen molar-refractivity contribution in [3.63, 3.8) is 0 Å². The van der Waals surface area contributed by atoms with Crippen molar-refractivity contribution in [2.75, 3.05) is 0 Å². The minimum Gasteiger partial charge on any atom is -0.456 e. The van der Waals surface area contributed by atoms with Crippen LogP contribution in [0.15, 0.2) is 118 Å². The lowest BCUT2D eigenvalue weighted by Gasteiger charge is -2.32. The predicted molar refractivity (Wildman–Crippen MR) is 188 cm³/mol. The van der Waals surface area contributed by atoms with Crippen molar-refractivity contribution in [2.24, 2.45) is 16.6 Å². The van der Waals surface area contributed by atoms with Gasteiger partial charge < -0.3 is 19.5 Å². The smallest absolute Gasteiger partial charge is 0.456 e. The molecule has 0 bridgehead atoms. The number of allylic oxidation sites excluding steroid dienone is 2. The lowest BCUT2D eigenvalue weighted by molar-refractivity contribution is 0.00578. The highest BCUT2D eigenvalue weighted by atomic mass is 16.7. The summed E-state index contributed by atoms with van der Waals surface area (Å²) in [7, 11) is -0.469. The molecule has 0 amide bonds. The minimum absolute atomic E-state index is 0.0841. The summed E-state index contributed by atoms with van der Waals surface area (Å²) in [6.07, 6.45) is 2.10. The molecule has 2 N–H and O–H groups in total.